The summed E-state index contributed by atoms with van der Waals surface area (Å²) < 4.78 is 6.53. The molecule has 144 valence electrons. The summed E-state index contributed by atoms with van der Waals surface area (Å²) in [6.07, 6.45) is 1.41. The van der Waals surface area contributed by atoms with Crippen molar-refractivity contribution in [1.82, 2.24) is 5.32 Å². The van der Waals surface area contributed by atoms with Gasteiger partial charge in [-0.3, -0.25) is 14.9 Å². The molecule has 1 saturated heterocycles. The van der Waals surface area contributed by atoms with Crippen LogP contribution in [0.4, 0.5) is 10.5 Å². The number of carbonyl (C=O) groups excluding carboxylic acids is 3. The number of urea groups is 1. The zero-order valence-corrected chi connectivity index (χ0v) is 18.6. The summed E-state index contributed by atoms with van der Waals surface area (Å²) in [7, 11) is 1.53. The topological polar surface area (TPSA) is 75.7 Å². The molecule has 28 heavy (non-hydrogen) atoms. The van der Waals surface area contributed by atoms with Crippen molar-refractivity contribution in [1.29, 1.82) is 0 Å². The van der Waals surface area contributed by atoms with E-state index in [0.717, 1.165) is 4.90 Å². The van der Waals surface area contributed by atoms with Crippen molar-refractivity contribution in [3.63, 3.8) is 0 Å². The van der Waals surface area contributed by atoms with Crippen LogP contribution in [0, 0.1) is 6.92 Å². The normalized spacial score (nSPS) is 15.8. The van der Waals surface area contributed by atoms with Crippen LogP contribution in [0.3, 0.4) is 0 Å². The first-order valence-corrected chi connectivity index (χ1v) is 9.90. The number of methoxy groups -OCH3 is 1. The SMILES string of the molecule is COc1c(Br)cc(/C=C2\C(=O)NC(=O)N(c3cccc(Cl)c3C)C2=O)cc1Br. The smallest absolute Gasteiger partial charge is 0.335 e. The fourth-order valence-corrected chi connectivity index (χ4v) is 4.45. The molecule has 6 nitrogen and oxygen atoms in total. The Bertz CT molecular complexity index is 1030. The lowest BCUT2D eigenvalue weighted by molar-refractivity contribution is -0.122. The van der Waals surface area contributed by atoms with Crippen molar-refractivity contribution >= 4 is 73.1 Å². The van der Waals surface area contributed by atoms with Crippen LogP contribution in [0.15, 0.2) is 44.9 Å². The van der Waals surface area contributed by atoms with Gasteiger partial charge in [0.05, 0.1) is 21.7 Å². The number of nitrogens with one attached hydrogen (secondary N) is 1. The molecule has 1 heterocycles. The molecule has 1 fully saturated rings. The second-order valence-electron chi connectivity index (χ2n) is 5.86. The highest BCUT2D eigenvalue weighted by molar-refractivity contribution is 9.11. The van der Waals surface area contributed by atoms with Crippen LogP contribution in [0.5, 0.6) is 5.75 Å². The molecule has 0 bridgehead atoms. The maximum absolute atomic E-state index is 13.0. The van der Waals surface area contributed by atoms with Crippen molar-refractivity contribution in [2.45, 2.75) is 6.92 Å². The predicted octanol–water partition coefficient (Wildman–Crippen LogP) is 4.85. The summed E-state index contributed by atoms with van der Waals surface area (Å²) in [4.78, 5) is 38.6. The van der Waals surface area contributed by atoms with Crippen molar-refractivity contribution in [2.24, 2.45) is 0 Å². The van der Waals surface area contributed by atoms with E-state index in [9.17, 15) is 14.4 Å². The van der Waals surface area contributed by atoms with Crippen LogP contribution in [-0.2, 0) is 9.59 Å². The summed E-state index contributed by atoms with van der Waals surface area (Å²) in [6, 6.07) is 7.44. The zero-order valence-electron chi connectivity index (χ0n) is 14.7. The van der Waals surface area contributed by atoms with Crippen LogP contribution in [0.25, 0.3) is 6.08 Å². The average Bonchev–Trinajstić information content (AvgIpc) is 2.62. The molecule has 0 atom stereocenters. The number of amides is 4. The van der Waals surface area contributed by atoms with Crippen LogP contribution < -0.4 is 15.0 Å². The highest BCUT2D eigenvalue weighted by Gasteiger charge is 2.37. The van der Waals surface area contributed by atoms with Gasteiger partial charge in [0.25, 0.3) is 11.8 Å². The number of benzene rings is 2. The lowest BCUT2D eigenvalue weighted by Crippen LogP contribution is -2.54. The molecule has 1 N–H and O–H groups in total. The van der Waals surface area contributed by atoms with Crippen LogP contribution in [0.1, 0.15) is 11.1 Å². The van der Waals surface area contributed by atoms with Gasteiger partial charge in [-0.05, 0) is 80.3 Å². The van der Waals surface area contributed by atoms with Gasteiger partial charge in [0.1, 0.15) is 11.3 Å². The first-order chi connectivity index (χ1) is 13.2. The number of anilines is 1. The Hall–Kier alpha value is -2.16. The highest BCUT2D eigenvalue weighted by Crippen LogP contribution is 2.35. The Kier molecular flexibility index (Phi) is 5.92. The number of hydrogen-bond acceptors (Lipinski definition) is 4. The first-order valence-electron chi connectivity index (χ1n) is 7.94. The van der Waals surface area contributed by atoms with E-state index in [1.54, 1.807) is 37.3 Å². The minimum absolute atomic E-state index is 0.178. The number of ether oxygens (including phenoxy) is 1. The molecule has 4 amide bonds. The Balaban J connectivity index is 2.08. The fraction of sp³-hybridized carbons (Fsp3) is 0.105. The van der Waals surface area contributed by atoms with Gasteiger partial charge < -0.3 is 4.74 Å². The zero-order chi connectivity index (χ0) is 20.6. The third-order valence-electron chi connectivity index (χ3n) is 4.12. The summed E-state index contributed by atoms with van der Waals surface area (Å²) in [6.45, 7) is 1.69. The number of rotatable bonds is 3. The van der Waals surface area contributed by atoms with Gasteiger partial charge in [-0.15, -0.1) is 0 Å². The molecular formula is C19H13Br2ClN2O4. The molecule has 0 unspecified atom stereocenters. The van der Waals surface area contributed by atoms with Gasteiger partial charge in [0.15, 0.2) is 0 Å². The Morgan fingerprint density at radius 1 is 1.14 bits per heavy atom. The van der Waals surface area contributed by atoms with Gasteiger partial charge in [-0.25, -0.2) is 9.69 Å². The molecule has 0 spiro atoms. The molecule has 3 rings (SSSR count). The summed E-state index contributed by atoms with van der Waals surface area (Å²) in [5, 5.41) is 2.60. The summed E-state index contributed by atoms with van der Waals surface area (Å²) >= 11 is 12.9. The number of nitrogens with zero attached hydrogens (tertiary/aromatic N) is 1. The molecule has 1 aliphatic rings. The molecule has 0 saturated carbocycles. The van der Waals surface area contributed by atoms with Crippen LogP contribution in [0.2, 0.25) is 5.02 Å². The molecule has 1 aliphatic heterocycles. The Morgan fingerprint density at radius 3 is 2.39 bits per heavy atom. The minimum atomic E-state index is -0.824. The van der Waals surface area contributed by atoms with Gasteiger partial charge in [-0.2, -0.15) is 0 Å². The standard InChI is InChI=1S/C19H13Br2ClN2O4/c1-9-14(22)4-3-5-15(9)24-18(26)11(17(25)23-19(24)27)6-10-7-12(20)16(28-2)13(21)8-10/h3-8H,1-2H3,(H,23,25,27)/b11-6+. The maximum Gasteiger partial charge on any atom is 0.335 e. The van der Waals surface area contributed by atoms with E-state index in [0.29, 0.717) is 36.5 Å². The number of barbiturate groups is 1. The monoisotopic (exact) mass is 526 g/mol. The summed E-state index contributed by atoms with van der Waals surface area (Å²) in [5.41, 5.74) is 1.25. The molecular weight excluding hydrogens is 515 g/mol. The third kappa shape index (κ3) is 3.72. The van der Waals surface area contributed by atoms with Crippen molar-refractivity contribution in [2.75, 3.05) is 12.0 Å². The highest BCUT2D eigenvalue weighted by atomic mass is 79.9. The Labute approximate surface area is 182 Å². The van der Waals surface area contributed by atoms with Crippen molar-refractivity contribution in [3.05, 3.63) is 61.0 Å². The predicted molar refractivity (Wildman–Crippen MR) is 114 cm³/mol. The lowest BCUT2D eigenvalue weighted by atomic mass is 10.1. The van der Waals surface area contributed by atoms with Crippen LogP contribution >= 0.6 is 43.5 Å². The largest absolute Gasteiger partial charge is 0.494 e. The number of halogens is 3. The second-order valence-corrected chi connectivity index (χ2v) is 7.98. The lowest BCUT2D eigenvalue weighted by Gasteiger charge is -2.27. The molecule has 9 heteroatoms. The fourth-order valence-electron chi connectivity index (χ4n) is 2.74. The number of imide groups is 2. The Morgan fingerprint density at radius 2 is 1.79 bits per heavy atom. The molecule has 0 radical (unpaired) electrons. The van der Waals surface area contributed by atoms with E-state index >= 15 is 0 Å². The number of carbonyl (C=O) groups is 3. The van der Waals surface area contributed by atoms with Gasteiger partial charge in [-0.1, -0.05) is 17.7 Å². The molecule has 0 aromatic heterocycles. The van der Waals surface area contributed by atoms with E-state index in [-0.39, 0.29) is 5.57 Å². The van der Waals surface area contributed by atoms with E-state index in [4.69, 9.17) is 16.3 Å². The molecule has 2 aromatic carbocycles. The van der Waals surface area contributed by atoms with Crippen molar-refractivity contribution < 1.29 is 19.1 Å². The molecule has 2 aromatic rings. The number of hydrogen-bond donors (Lipinski definition) is 1. The van der Waals surface area contributed by atoms with Crippen LogP contribution in [-0.4, -0.2) is 25.0 Å². The average molecular weight is 529 g/mol. The summed E-state index contributed by atoms with van der Waals surface area (Å²) in [5.74, 6) is -0.927. The maximum atomic E-state index is 13.0. The van der Waals surface area contributed by atoms with Crippen molar-refractivity contribution in [3.8, 4) is 5.75 Å². The second kappa shape index (κ2) is 8.06. The third-order valence-corrected chi connectivity index (χ3v) is 5.70. The first kappa shape index (κ1) is 20.6. The van der Waals surface area contributed by atoms with Gasteiger partial charge >= 0.3 is 6.03 Å². The van der Waals surface area contributed by atoms with Gasteiger partial charge in [0.2, 0.25) is 0 Å². The van der Waals surface area contributed by atoms with E-state index in [1.807, 2.05) is 0 Å². The van der Waals surface area contributed by atoms with E-state index < -0.39 is 17.8 Å². The quantitative estimate of drug-likeness (QED) is 0.457. The molecule has 0 aliphatic carbocycles. The van der Waals surface area contributed by atoms with E-state index in [1.165, 1.54) is 13.2 Å². The van der Waals surface area contributed by atoms with Gasteiger partial charge in [0, 0.05) is 5.02 Å². The van der Waals surface area contributed by atoms with E-state index in [2.05, 4.69) is 37.2 Å². The minimum Gasteiger partial charge on any atom is -0.494 e.